The molecule has 0 bridgehead atoms. The lowest BCUT2D eigenvalue weighted by Gasteiger charge is -2.12. The van der Waals surface area contributed by atoms with Crippen LogP contribution in [0.25, 0.3) is 0 Å². The number of ether oxygens (including phenoxy) is 2. The molecule has 0 spiro atoms. The van der Waals surface area contributed by atoms with Crippen LogP contribution < -0.4 is 14.8 Å². The van der Waals surface area contributed by atoms with Crippen LogP contribution in [0.15, 0.2) is 67.0 Å². The Morgan fingerprint density at radius 1 is 1.04 bits per heavy atom. The van der Waals surface area contributed by atoms with Gasteiger partial charge in [0, 0.05) is 18.9 Å². The van der Waals surface area contributed by atoms with Crippen molar-refractivity contribution >= 4 is 5.91 Å². The van der Waals surface area contributed by atoms with Gasteiger partial charge in [0.2, 0.25) is 5.91 Å². The highest BCUT2D eigenvalue weighted by Gasteiger charge is 2.07. The first kappa shape index (κ1) is 18.5. The third-order valence-electron chi connectivity index (χ3n) is 4.14. The highest BCUT2D eigenvalue weighted by atomic mass is 16.5. The summed E-state index contributed by atoms with van der Waals surface area (Å²) in [7, 11) is 1.59. The van der Waals surface area contributed by atoms with Crippen molar-refractivity contribution in [3.05, 3.63) is 78.1 Å². The van der Waals surface area contributed by atoms with Crippen molar-refractivity contribution in [2.24, 2.45) is 0 Å². The molecular formula is C21H23N3O3. The molecule has 6 heteroatoms. The van der Waals surface area contributed by atoms with Crippen LogP contribution >= 0.6 is 0 Å². The van der Waals surface area contributed by atoms with Crippen molar-refractivity contribution in [2.45, 2.75) is 19.5 Å². The first-order valence-corrected chi connectivity index (χ1v) is 8.83. The largest absolute Gasteiger partial charge is 0.493 e. The van der Waals surface area contributed by atoms with Crippen molar-refractivity contribution in [3.8, 4) is 11.5 Å². The molecule has 0 radical (unpaired) electrons. The van der Waals surface area contributed by atoms with Crippen LogP contribution in [-0.2, 0) is 17.9 Å². The van der Waals surface area contributed by atoms with Crippen LogP contribution in [0.1, 0.15) is 17.5 Å². The second-order valence-electron chi connectivity index (χ2n) is 6.00. The summed E-state index contributed by atoms with van der Waals surface area (Å²) in [5, 5.41) is 7.19. The van der Waals surface area contributed by atoms with E-state index in [1.165, 1.54) is 0 Å². The number of amides is 1. The normalized spacial score (nSPS) is 10.4. The van der Waals surface area contributed by atoms with Gasteiger partial charge in [-0.2, -0.15) is 5.10 Å². The van der Waals surface area contributed by atoms with Gasteiger partial charge in [-0.15, -0.1) is 0 Å². The average molecular weight is 365 g/mol. The van der Waals surface area contributed by atoms with Gasteiger partial charge in [-0.05, 0) is 29.3 Å². The monoisotopic (exact) mass is 365 g/mol. The van der Waals surface area contributed by atoms with E-state index in [1.807, 2.05) is 65.5 Å². The SMILES string of the molecule is COc1ccccc1OCCC(=O)NCc1ccccc1Cn1cccn1. The quantitative estimate of drug-likeness (QED) is 0.633. The molecule has 27 heavy (non-hydrogen) atoms. The molecule has 1 heterocycles. The fraction of sp³-hybridized carbons (Fsp3) is 0.238. The fourth-order valence-electron chi connectivity index (χ4n) is 2.73. The van der Waals surface area contributed by atoms with Crippen LogP contribution in [0.2, 0.25) is 0 Å². The molecule has 2 aromatic carbocycles. The number of carbonyl (C=O) groups is 1. The van der Waals surface area contributed by atoms with Gasteiger partial charge in [0.1, 0.15) is 0 Å². The molecule has 3 rings (SSSR count). The number of benzene rings is 2. The molecule has 1 aromatic heterocycles. The number of para-hydroxylation sites is 2. The average Bonchev–Trinajstić information content (AvgIpc) is 3.21. The Balaban J connectivity index is 1.48. The lowest BCUT2D eigenvalue weighted by molar-refractivity contribution is -0.121. The highest BCUT2D eigenvalue weighted by Crippen LogP contribution is 2.25. The highest BCUT2D eigenvalue weighted by molar-refractivity contribution is 5.76. The van der Waals surface area contributed by atoms with Gasteiger partial charge in [-0.25, -0.2) is 0 Å². The molecule has 0 fully saturated rings. The topological polar surface area (TPSA) is 65.4 Å². The lowest BCUT2D eigenvalue weighted by atomic mass is 10.1. The Morgan fingerprint density at radius 3 is 2.52 bits per heavy atom. The minimum absolute atomic E-state index is 0.0567. The Hall–Kier alpha value is -3.28. The summed E-state index contributed by atoms with van der Waals surface area (Å²) < 4.78 is 12.7. The summed E-state index contributed by atoms with van der Waals surface area (Å²) in [4.78, 5) is 12.1. The summed E-state index contributed by atoms with van der Waals surface area (Å²) in [5.74, 6) is 1.24. The number of methoxy groups -OCH3 is 1. The van der Waals surface area contributed by atoms with Crippen molar-refractivity contribution < 1.29 is 14.3 Å². The maximum absolute atomic E-state index is 12.1. The fourth-order valence-corrected chi connectivity index (χ4v) is 2.73. The van der Waals surface area contributed by atoms with E-state index in [2.05, 4.69) is 10.4 Å². The molecule has 0 aliphatic rings. The maximum Gasteiger partial charge on any atom is 0.223 e. The van der Waals surface area contributed by atoms with Crippen LogP contribution in [-0.4, -0.2) is 29.4 Å². The Labute approximate surface area is 158 Å². The van der Waals surface area contributed by atoms with E-state index < -0.39 is 0 Å². The number of hydrogen-bond donors (Lipinski definition) is 1. The Kier molecular flexibility index (Phi) is 6.46. The van der Waals surface area contributed by atoms with Crippen LogP contribution in [0.5, 0.6) is 11.5 Å². The molecule has 0 saturated heterocycles. The van der Waals surface area contributed by atoms with Crippen LogP contribution in [0.3, 0.4) is 0 Å². The van der Waals surface area contributed by atoms with Gasteiger partial charge < -0.3 is 14.8 Å². The first-order chi connectivity index (χ1) is 13.3. The molecule has 0 aliphatic carbocycles. The minimum atomic E-state index is -0.0567. The third-order valence-corrected chi connectivity index (χ3v) is 4.14. The predicted octanol–water partition coefficient (Wildman–Crippen LogP) is 3.03. The summed E-state index contributed by atoms with van der Waals surface area (Å²) in [5.41, 5.74) is 2.21. The van der Waals surface area contributed by atoms with Crippen molar-refractivity contribution in [1.29, 1.82) is 0 Å². The third kappa shape index (κ3) is 5.34. The van der Waals surface area contributed by atoms with Gasteiger partial charge in [0.15, 0.2) is 11.5 Å². The van der Waals surface area contributed by atoms with Crippen LogP contribution in [0, 0.1) is 0 Å². The summed E-state index contributed by atoms with van der Waals surface area (Å²) in [6.07, 6.45) is 3.95. The number of nitrogens with one attached hydrogen (secondary N) is 1. The van der Waals surface area contributed by atoms with Gasteiger partial charge in [0.25, 0.3) is 0 Å². The number of carbonyl (C=O) groups excluding carboxylic acids is 1. The molecular weight excluding hydrogens is 342 g/mol. The number of aromatic nitrogens is 2. The summed E-state index contributed by atoms with van der Waals surface area (Å²) >= 11 is 0. The molecule has 0 saturated carbocycles. The smallest absolute Gasteiger partial charge is 0.223 e. The van der Waals surface area contributed by atoms with E-state index in [1.54, 1.807) is 13.3 Å². The summed E-state index contributed by atoms with van der Waals surface area (Å²) in [6, 6.07) is 17.3. The molecule has 0 aliphatic heterocycles. The van der Waals surface area contributed by atoms with Crippen molar-refractivity contribution in [3.63, 3.8) is 0 Å². The zero-order valence-corrected chi connectivity index (χ0v) is 15.3. The van der Waals surface area contributed by atoms with Crippen molar-refractivity contribution in [2.75, 3.05) is 13.7 Å². The van der Waals surface area contributed by atoms with E-state index in [0.29, 0.717) is 31.2 Å². The second kappa shape index (κ2) is 9.43. The molecule has 0 atom stereocenters. The van der Waals surface area contributed by atoms with Gasteiger partial charge in [-0.1, -0.05) is 36.4 Å². The molecule has 6 nitrogen and oxygen atoms in total. The van der Waals surface area contributed by atoms with E-state index >= 15 is 0 Å². The zero-order valence-electron chi connectivity index (χ0n) is 15.3. The Morgan fingerprint density at radius 2 is 1.78 bits per heavy atom. The molecule has 0 unspecified atom stereocenters. The van der Waals surface area contributed by atoms with Crippen molar-refractivity contribution in [1.82, 2.24) is 15.1 Å². The van der Waals surface area contributed by atoms with E-state index in [0.717, 1.165) is 11.1 Å². The number of nitrogens with zero attached hydrogens (tertiary/aromatic N) is 2. The summed E-state index contributed by atoms with van der Waals surface area (Å²) in [6.45, 7) is 1.45. The first-order valence-electron chi connectivity index (χ1n) is 8.83. The minimum Gasteiger partial charge on any atom is -0.493 e. The van der Waals surface area contributed by atoms with E-state index in [9.17, 15) is 4.79 Å². The Bertz CT molecular complexity index is 863. The van der Waals surface area contributed by atoms with Crippen LogP contribution in [0.4, 0.5) is 0 Å². The molecule has 1 amide bonds. The maximum atomic E-state index is 12.1. The second-order valence-corrected chi connectivity index (χ2v) is 6.00. The molecule has 3 aromatic rings. The van der Waals surface area contributed by atoms with Gasteiger partial charge >= 0.3 is 0 Å². The lowest BCUT2D eigenvalue weighted by Crippen LogP contribution is -2.25. The number of hydrogen-bond acceptors (Lipinski definition) is 4. The van der Waals surface area contributed by atoms with Gasteiger partial charge in [0.05, 0.1) is 26.7 Å². The van der Waals surface area contributed by atoms with Gasteiger partial charge in [-0.3, -0.25) is 9.48 Å². The van der Waals surface area contributed by atoms with E-state index in [-0.39, 0.29) is 12.3 Å². The predicted molar refractivity (Wildman–Crippen MR) is 103 cm³/mol. The number of rotatable bonds is 9. The van der Waals surface area contributed by atoms with E-state index in [4.69, 9.17) is 9.47 Å². The zero-order chi connectivity index (χ0) is 18.9. The standard InChI is InChI=1S/C21H23N3O3/c1-26-19-9-4-5-10-20(19)27-14-11-21(25)22-15-17-7-2-3-8-18(17)16-24-13-6-12-23-24/h2-10,12-13H,11,14-16H2,1H3,(H,22,25). The molecule has 1 N–H and O–H groups in total. The molecule has 140 valence electrons.